The lowest BCUT2D eigenvalue weighted by Crippen LogP contribution is -2.59. The highest BCUT2D eigenvalue weighted by Crippen LogP contribution is 2.32. The van der Waals surface area contributed by atoms with Gasteiger partial charge in [0.15, 0.2) is 0 Å². The Morgan fingerprint density at radius 2 is 2.03 bits per heavy atom. The van der Waals surface area contributed by atoms with Crippen LogP contribution in [0.3, 0.4) is 0 Å². The van der Waals surface area contributed by atoms with E-state index in [1.54, 1.807) is 58.2 Å². The molecule has 36 heavy (non-hydrogen) atoms. The zero-order chi connectivity index (χ0) is 26.1. The smallest absolute Gasteiger partial charge is 0.410 e. The number of carbonyl (C=O) groups excluding carboxylic acids is 2. The highest BCUT2D eigenvalue weighted by Gasteiger charge is 2.47. The van der Waals surface area contributed by atoms with E-state index in [0.29, 0.717) is 22.5 Å². The van der Waals surface area contributed by atoms with E-state index in [1.165, 1.54) is 0 Å². The first kappa shape index (κ1) is 25.4. The average Bonchev–Trinajstić information content (AvgIpc) is 3.13. The summed E-state index contributed by atoms with van der Waals surface area (Å²) in [4.78, 5) is 30.5. The number of nitrogens with zero attached hydrogens (tertiary/aromatic N) is 2. The summed E-state index contributed by atoms with van der Waals surface area (Å²) >= 11 is 0. The number of halogens is 2. The molecule has 2 aromatic heterocycles. The number of furan rings is 1. The summed E-state index contributed by atoms with van der Waals surface area (Å²) in [6, 6.07) is 9.05. The van der Waals surface area contributed by atoms with E-state index in [0.717, 1.165) is 10.6 Å². The molecule has 192 valence electrons. The summed E-state index contributed by atoms with van der Waals surface area (Å²) in [6.45, 7) is 6.03. The van der Waals surface area contributed by atoms with Gasteiger partial charge in [-0.15, -0.1) is 0 Å². The molecular formula is C26H29F2N3O5. The monoisotopic (exact) mass is 501 g/mol. The number of fused-ring (bicyclic) bond motifs is 1. The van der Waals surface area contributed by atoms with Crippen molar-refractivity contribution < 1.29 is 32.3 Å². The Hall–Kier alpha value is -3.69. The number of aromatic nitrogens is 1. The molecule has 0 spiro atoms. The summed E-state index contributed by atoms with van der Waals surface area (Å²) in [7, 11) is 0. The molecule has 2 amide bonds. The molecule has 8 nitrogen and oxygen atoms in total. The quantitative estimate of drug-likeness (QED) is 0.524. The third-order valence-corrected chi connectivity index (χ3v) is 5.73. The van der Waals surface area contributed by atoms with E-state index in [-0.39, 0.29) is 25.1 Å². The fraction of sp³-hybridized carbons (Fsp3) is 0.423. The molecule has 1 aliphatic heterocycles. The molecule has 1 fully saturated rings. The Morgan fingerprint density at radius 3 is 2.69 bits per heavy atom. The zero-order valence-corrected chi connectivity index (χ0v) is 20.6. The maximum atomic E-state index is 14.9. The number of piperidine rings is 1. The summed E-state index contributed by atoms with van der Waals surface area (Å²) < 4.78 is 46.6. The van der Waals surface area contributed by atoms with Crippen molar-refractivity contribution in [2.45, 2.75) is 58.3 Å². The lowest BCUT2D eigenvalue weighted by molar-refractivity contribution is -0.0889. The lowest BCUT2D eigenvalue weighted by Gasteiger charge is -2.38. The van der Waals surface area contributed by atoms with Crippen LogP contribution in [-0.2, 0) is 11.3 Å². The van der Waals surface area contributed by atoms with E-state index in [2.05, 4.69) is 10.3 Å². The van der Waals surface area contributed by atoms with Crippen molar-refractivity contribution in [1.82, 2.24) is 15.2 Å². The van der Waals surface area contributed by atoms with Crippen LogP contribution >= 0.6 is 0 Å². The number of rotatable bonds is 5. The van der Waals surface area contributed by atoms with Crippen molar-refractivity contribution in [3.05, 3.63) is 59.6 Å². The van der Waals surface area contributed by atoms with Crippen molar-refractivity contribution >= 4 is 23.0 Å². The van der Waals surface area contributed by atoms with Gasteiger partial charge in [-0.1, -0.05) is 6.07 Å². The molecule has 0 radical (unpaired) electrons. The molecule has 3 heterocycles. The minimum absolute atomic E-state index is 0.0338. The molecule has 0 aliphatic carbocycles. The van der Waals surface area contributed by atoms with E-state index in [9.17, 15) is 18.4 Å². The molecule has 1 aromatic carbocycles. The Kier molecular flexibility index (Phi) is 6.88. The van der Waals surface area contributed by atoms with Gasteiger partial charge in [0.05, 0.1) is 23.8 Å². The topological polar surface area (TPSA) is 93.9 Å². The van der Waals surface area contributed by atoms with Crippen molar-refractivity contribution in [3.63, 3.8) is 0 Å². The average molecular weight is 502 g/mol. The highest BCUT2D eigenvalue weighted by atomic mass is 19.3. The van der Waals surface area contributed by atoms with Crippen molar-refractivity contribution in [2.75, 3.05) is 13.1 Å². The fourth-order valence-corrected chi connectivity index (χ4v) is 4.04. The van der Waals surface area contributed by atoms with Crippen molar-refractivity contribution in [1.29, 1.82) is 0 Å². The number of nitrogens with one attached hydrogen (secondary N) is 1. The van der Waals surface area contributed by atoms with Gasteiger partial charge in [-0.05, 0) is 64.4 Å². The van der Waals surface area contributed by atoms with Crippen molar-refractivity contribution in [2.24, 2.45) is 0 Å². The number of likely N-dealkylation sites (tertiary alicyclic amines) is 1. The molecule has 4 rings (SSSR count). The first-order chi connectivity index (χ1) is 16.9. The second-order valence-electron chi connectivity index (χ2n) is 9.78. The lowest BCUT2D eigenvalue weighted by atomic mass is 10.00. The van der Waals surface area contributed by atoms with Gasteiger partial charge in [-0.3, -0.25) is 9.78 Å². The number of alkyl halides is 2. The summed E-state index contributed by atoms with van der Waals surface area (Å²) in [6.07, 6.45) is 0.741. The van der Waals surface area contributed by atoms with Gasteiger partial charge in [0.25, 0.3) is 11.8 Å². The second kappa shape index (κ2) is 9.75. The molecule has 1 unspecified atom stereocenters. The van der Waals surface area contributed by atoms with Gasteiger partial charge in [-0.25, -0.2) is 13.6 Å². The number of benzene rings is 1. The fourth-order valence-electron chi connectivity index (χ4n) is 4.04. The van der Waals surface area contributed by atoms with Gasteiger partial charge >= 0.3 is 6.09 Å². The van der Waals surface area contributed by atoms with Gasteiger partial charge in [0.2, 0.25) is 0 Å². The number of pyridine rings is 1. The maximum Gasteiger partial charge on any atom is 0.410 e. The Bertz CT molecular complexity index is 1250. The van der Waals surface area contributed by atoms with Crippen LogP contribution in [0.1, 0.15) is 49.0 Å². The number of ether oxygens (including phenoxy) is 2. The summed E-state index contributed by atoms with van der Waals surface area (Å²) in [5.74, 6) is -3.23. The first-order valence-electron chi connectivity index (χ1n) is 11.7. The second-order valence-corrected chi connectivity index (χ2v) is 9.78. The molecule has 3 aromatic rings. The van der Waals surface area contributed by atoms with Gasteiger partial charge in [0, 0.05) is 18.1 Å². The number of hydrogen-bond acceptors (Lipinski definition) is 6. The number of amides is 2. The van der Waals surface area contributed by atoms with Gasteiger partial charge in [-0.2, -0.15) is 0 Å². The van der Waals surface area contributed by atoms with E-state index >= 15 is 0 Å². The first-order valence-corrected chi connectivity index (χ1v) is 11.7. The summed E-state index contributed by atoms with van der Waals surface area (Å²) in [5, 5.41) is 2.91. The van der Waals surface area contributed by atoms with Crippen LogP contribution in [0.25, 0.3) is 11.0 Å². The highest BCUT2D eigenvalue weighted by molar-refractivity contribution is 6.07. The predicted molar refractivity (Wildman–Crippen MR) is 128 cm³/mol. The van der Waals surface area contributed by atoms with Crippen LogP contribution in [0, 0.1) is 6.92 Å². The molecule has 1 atom stereocenters. The van der Waals surface area contributed by atoms with Crippen LogP contribution in [0.15, 0.2) is 47.0 Å². The number of aryl methyl sites for hydroxylation is 1. The Morgan fingerprint density at radius 1 is 1.25 bits per heavy atom. The minimum atomic E-state index is -3.34. The van der Waals surface area contributed by atoms with Gasteiger partial charge < -0.3 is 24.1 Å². The maximum absolute atomic E-state index is 14.9. The zero-order valence-electron chi connectivity index (χ0n) is 20.6. The molecule has 1 saturated heterocycles. The predicted octanol–water partition coefficient (Wildman–Crippen LogP) is 5.09. The molecular weight excluding hydrogens is 472 g/mol. The third kappa shape index (κ3) is 5.75. The number of hydrogen-bond donors (Lipinski definition) is 1. The number of carbonyl (C=O) groups is 2. The molecule has 0 bridgehead atoms. The van der Waals surface area contributed by atoms with Crippen LogP contribution in [0.5, 0.6) is 5.75 Å². The molecule has 0 saturated carbocycles. The van der Waals surface area contributed by atoms with Crippen LogP contribution in [-0.4, -0.2) is 52.5 Å². The minimum Gasteiger partial charge on any atom is -0.487 e. The molecule has 10 heteroatoms. The standard InChI is InChI=1S/C26H29F2N3O5/c1-16-22(19-13-18(8-9-20(19)35-16)34-14-17-7-5-6-11-29-17)23(32)30-21-10-12-31(15-26(21,27)28)24(33)36-25(2,3)4/h5-9,11,13,21H,10,12,14-15H2,1-4H3,(H,30,32). The SMILES string of the molecule is Cc1oc2ccc(OCc3ccccn3)cc2c1C(=O)NC1CCN(C(=O)OC(C)(C)C)CC1(F)F. The van der Waals surface area contributed by atoms with E-state index < -0.39 is 36.1 Å². The van der Waals surface area contributed by atoms with Crippen LogP contribution in [0.4, 0.5) is 13.6 Å². The third-order valence-electron chi connectivity index (χ3n) is 5.73. The Balaban J connectivity index is 1.47. The van der Waals surface area contributed by atoms with Gasteiger partial charge in [0.1, 0.15) is 29.3 Å². The summed E-state index contributed by atoms with van der Waals surface area (Å²) in [5.41, 5.74) is 0.546. The Labute approximate surface area is 207 Å². The largest absolute Gasteiger partial charge is 0.487 e. The van der Waals surface area contributed by atoms with E-state index in [1.807, 2.05) is 12.1 Å². The molecule has 1 N–H and O–H groups in total. The normalized spacial score (nSPS) is 17.6. The van der Waals surface area contributed by atoms with Crippen molar-refractivity contribution in [3.8, 4) is 5.75 Å². The van der Waals surface area contributed by atoms with Crippen LogP contribution < -0.4 is 10.1 Å². The molecule has 1 aliphatic rings. The van der Waals surface area contributed by atoms with Crippen LogP contribution in [0.2, 0.25) is 0 Å². The van der Waals surface area contributed by atoms with E-state index in [4.69, 9.17) is 13.9 Å².